The fourth-order valence-electron chi connectivity index (χ4n) is 3.94. The maximum atomic E-state index is 12.7. The van der Waals surface area contributed by atoms with Crippen LogP contribution in [0.4, 0.5) is 11.4 Å². The van der Waals surface area contributed by atoms with Gasteiger partial charge in [0.1, 0.15) is 5.75 Å². The van der Waals surface area contributed by atoms with Gasteiger partial charge in [-0.2, -0.15) is 0 Å². The second-order valence-corrected chi connectivity index (χ2v) is 8.73. The van der Waals surface area contributed by atoms with E-state index in [1.807, 2.05) is 86.6 Å². The van der Waals surface area contributed by atoms with Crippen molar-refractivity contribution in [2.45, 2.75) is 39.2 Å². The van der Waals surface area contributed by atoms with Gasteiger partial charge in [0.25, 0.3) is 0 Å². The Morgan fingerprint density at radius 1 is 0.853 bits per heavy atom. The van der Waals surface area contributed by atoms with E-state index >= 15 is 0 Å². The Hall–Kier alpha value is -3.64. The summed E-state index contributed by atoms with van der Waals surface area (Å²) < 4.78 is 5.93. The van der Waals surface area contributed by atoms with Crippen LogP contribution < -0.4 is 15.4 Å². The van der Waals surface area contributed by atoms with Gasteiger partial charge >= 0.3 is 0 Å². The molecule has 3 aromatic carbocycles. The van der Waals surface area contributed by atoms with Gasteiger partial charge < -0.3 is 15.4 Å². The molecular weight excluding hydrogens is 426 g/mol. The first-order valence-electron chi connectivity index (χ1n) is 11.7. The lowest BCUT2D eigenvalue weighted by Gasteiger charge is -2.22. The van der Waals surface area contributed by atoms with Gasteiger partial charge in [-0.1, -0.05) is 48.5 Å². The summed E-state index contributed by atoms with van der Waals surface area (Å²) in [7, 11) is 0. The molecule has 0 bridgehead atoms. The number of nitrogens with one attached hydrogen (secondary N) is 2. The van der Waals surface area contributed by atoms with Gasteiger partial charge in [-0.3, -0.25) is 14.5 Å². The zero-order valence-electron chi connectivity index (χ0n) is 19.7. The highest BCUT2D eigenvalue weighted by Gasteiger charge is 2.30. The SMILES string of the molecule is Cc1cccc(C)c1NC(=O)CN(CCC(=O)Nc1ccccc1Oc1ccccc1)C1CC1. The number of ether oxygens (including phenoxy) is 1. The average Bonchev–Trinajstić information content (AvgIpc) is 3.67. The fourth-order valence-corrected chi connectivity index (χ4v) is 3.94. The highest BCUT2D eigenvalue weighted by molar-refractivity contribution is 5.94. The average molecular weight is 458 g/mol. The summed E-state index contributed by atoms with van der Waals surface area (Å²) in [5.41, 5.74) is 3.59. The summed E-state index contributed by atoms with van der Waals surface area (Å²) in [5.74, 6) is 1.14. The van der Waals surface area contributed by atoms with Crippen LogP contribution in [0.25, 0.3) is 0 Å². The Bertz CT molecular complexity index is 1120. The Morgan fingerprint density at radius 2 is 1.53 bits per heavy atom. The van der Waals surface area contributed by atoms with Crippen LogP contribution >= 0.6 is 0 Å². The molecule has 1 aliphatic rings. The number of carbonyl (C=O) groups is 2. The Kier molecular flexibility index (Phi) is 7.60. The fraction of sp³-hybridized carbons (Fsp3) is 0.286. The molecule has 2 amide bonds. The van der Waals surface area contributed by atoms with Crippen molar-refractivity contribution in [3.8, 4) is 11.5 Å². The molecule has 0 radical (unpaired) electrons. The van der Waals surface area contributed by atoms with Crippen LogP contribution in [0, 0.1) is 13.8 Å². The third kappa shape index (κ3) is 6.45. The first-order chi connectivity index (χ1) is 16.5. The quantitative estimate of drug-likeness (QED) is 0.420. The molecule has 0 atom stereocenters. The van der Waals surface area contributed by atoms with Gasteiger partial charge in [-0.15, -0.1) is 0 Å². The first-order valence-corrected chi connectivity index (χ1v) is 11.7. The zero-order chi connectivity index (χ0) is 23.9. The monoisotopic (exact) mass is 457 g/mol. The number of nitrogens with zero attached hydrogens (tertiary/aromatic N) is 1. The Balaban J connectivity index is 1.32. The van der Waals surface area contributed by atoms with Crippen molar-refractivity contribution in [3.05, 3.63) is 83.9 Å². The smallest absolute Gasteiger partial charge is 0.238 e. The molecule has 0 aromatic heterocycles. The van der Waals surface area contributed by atoms with Gasteiger partial charge in [0.15, 0.2) is 5.75 Å². The lowest BCUT2D eigenvalue weighted by Crippen LogP contribution is -2.37. The van der Waals surface area contributed by atoms with Gasteiger partial charge in [0, 0.05) is 24.7 Å². The second kappa shape index (κ2) is 11.0. The number of rotatable bonds is 10. The van der Waals surface area contributed by atoms with E-state index in [-0.39, 0.29) is 18.4 Å². The number of amides is 2. The van der Waals surface area contributed by atoms with Gasteiger partial charge in [0.05, 0.1) is 12.2 Å². The molecule has 0 aliphatic heterocycles. The number of anilines is 2. The van der Waals surface area contributed by atoms with Gasteiger partial charge in [0.2, 0.25) is 11.8 Å². The number of carbonyl (C=O) groups excluding carboxylic acids is 2. The van der Waals surface area contributed by atoms with Crippen LogP contribution in [0.15, 0.2) is 72.8 Å². The molecule has 1 saturated carbocycles. The van der Waals surface area contributed by atoms with Crippen molar-refractivity contribution < 1.29 is 14.3 Å². The van der Waals surface area contributed by atoms with Crippen LogP contribution in [0.1, 0.15) is 30.4 Å². The summed E-state index contributed by atoms with van der Waals surface area (Å²) in [6.07, 6.45) is 2.42. The molecule has 0 saturated heterocycles. The molecule has 1 fully saturated rings. The van der Waals surface area contributed by atoms with Crippen molar-refractivity contribution in [3.63, 3.8) is 0 Å². The minimum absolute atomic E-state index is 0.0497. The molecular formula is C28H31N3O3. The maximum Gasteiger partial charge on any atom is 0.238 e. The number of para-hydroxylation sites is 4. The van der Waals surface area contributed by atoms with Crippen molar-refractivity contribution >= 4 is 23.2 Å². The van der Waals surface area contributed by atoms with Crippen LogP contribution in [-0.4, -0.2) is 35.8 Å². The minimum Gasteiger partial charge on any atom is -0.455 e. The number of aryl methyl sites for hydroxylation is 2. The summed E-state index contributed by atoms with van der Waals surface area (Å²) in [4.78, 5) is 27.6. The molecule has 0 unspecified atom stereocenters. The van der Waals surface area contributed by atoms with Crippen molar-refractivity contribution in [2.24, 2.45) is 0 Å². The normalized spacial score (nSPS) is 12.9. The molecule has 6 heteroatoms. The zero-order valence-corrected chi connectivity index (χ0v) is 19.7. The lowest BCUT2D eigenvalue weighted by atomic mass is 10.1. The Labute approximate surface area is 200 Å². The predicted octanol–water partition coefficient (Wildman–Crippen LogP) is 5.53. The topological polar surface area (TPSA) is 70.7 Å². The molecule has 34 heavy (non-hydrogen) atoms. The summed E-state index contributed by atoms with van der Waals surface area (Å²) in [6, 6.07) is 23.2. The molecule has 4 rings (SSSR count). The first kappa shape index (κ1) is 23.5. The van der Waals surface area contributed by atoms with Crippen LogP contribution in [0.3, 0.4) is 0 Å². The molecule has 2 N–H and O–H groups in total. The van der Waals surface area contributed by atoms with Crippen LogP contribution in [0.2, 0.25) is 0 Å². The molecule has 6 nitrogen and oxygen atoms in total. The third-order valence-corrected chi connectivity index (χ3v) is 5.91. The van der Waals surface area contributed by atoms with Crippen LogP contribution in [0.5, 0.6) is 11.5 Å². The molecule has 0 spiro atoms. The lowest BCUT2D eigenvalue weighted by molar-refractivity contribution is -0.119. The molecule has 176 valence electrons. The largest absolute Gasteiger partial charge is 0.455 e. The van der Waals surface area contributed by atoms with E-state index in [1.54, 1.807) is 0 Å². The predicted molar refractivity (Wildman–Crippen MR) is 135 cm³/mol. The van der Waals surface area contributed by atoms with Crippen LogP contribution in [-0.2, 0) is 9.59 Å². The molecule has 0 heterocycles. The minimum atomic E-state index is -0.107. The second-order valence-electron chi connectivity index (χ2n) is 8.73. The van der Waals surface area contributed by atoms with E-state index in [0.717, 1.165) is 29.7 Å². The van der Waals surface area contributed by atoms with Crippen molar-refractivity contribution in [1.82, 2.24) is 4.90 Å². The number of hydrogen-bond acceptors (Lipinski definition) is 4. The molecule has 3 aromatic rings. The van der Waals surface area contributed by atoms with Crippen molar-refractivity contribution in [1.29, 1.82) is 0 Å². The highest BCUT2D eigenvalue weighted by atomic mass is 16.5. The third-order valence-electron chi connectivity index (χ3n) is 5.91. The van der Waals surface area contributed by atoms with Gasteiger partial charge in [-0.25, -0.2) is 0 Å². The summed E-state index contributed by atoms with van der Waals surface area (Å²) in [6.45, 7) is 4.79. The molecule has 1 aliphatic carbocycles. The summed E-state index contributed by atoms with van der Waals surface area (Å²) >= 11 is 0. The van der Waals surface area contributed by atoms with E-state index in [1.165, 1.54) is 0 Å². The van der Waals surface area contributed by atoms with Crippen molar-refractivity contribution in [2.75, 3.05) is 23.7 Å². The maximum absolute atomic E-state index is 12.7. The standard InChI is InChI=1S/C28H31N3O3/c1-20-9-8-10-21(2)28(20)30-27(33)19-31(22-15-16-22)18-17-26(32)29-24-13-6-7-14-25(24)34-23-11-4-3-5-12-23/h3-14,22H,15-19H2,1-2H3,(H,29,32)(H,30,33). The number of hydrogen-bond donors (Lipinski definition) is 2. The highest BCUT2D eigenvalue weighted by Crippen LogP contribution is 2.30. The van der Waals surface area contributed by atoms with E-state index in [0.29, 0.717) is 36.2 Å². The van der Waals surface area contributed by atoms with E-state index < -0.39 is 0 Å². The van der Waals surface area contributed by atoms with E-state index in [9.17, 15) is 9.59 Å². The number of benzene rings is 3. The van der Waals surface area contributed by atoms with Gasteiger partial charge in [-0.05, 0) is 62.1 Å². The Morgan fingerprint density at radius 3 is 2.24 bits per heavy atom. The summed E-state index contributed by atoms with van der Waals surface area (Å²) in [5, 5.41) is 6.01. The van der Waals surface area contributed by atoms with E-state index in [4.69, 9.17) is 4.74 Å². The van der Waals surface area contributed by atoms with E-state index in [2.05, 4.69) is 15.5 Å².